The van der Waals surface area contributed by atoms with E-state index in [9.17, 15) is 4.79 Å². The molecule has 3 atom stereocenters. The highest BCUT2D eigenvalue weighted by Gasteiger charge is 2.39. The van der Waals surface area contributed by atoms with Crippen molar-refractivity contribution in [1.29, 1.82) is 0 Å². The first-order valence-corrected chi connectivity index (χ1v) is 6.36. The molecule has 0 spiro atoms. The lowest BCUT2D eigenvalue weighted by Crippen LogP contribution is -2.59. The number of thioether (sulfide) groups is 2. The molecule has 1 amide bonds. The second kappa shape index (κ2) is 3.47. The molecule has 0 saturated carbocycles. The minimum atomic E-state index is 0.123. The van der Waals surface area contributed by atoms with E-state index in [4.69, 9.17) is 0 Å². The third-order valence-corrected chi connectivity index (χ3v) is 4.32. The number of rotatable bonds is 1. The molecule has 12 heavy (non-hydrogen) atoms. The third kappa shape index (κ3) is 1.45. The standard InChI is InChI=1S/C7H12N2OS2/c1-11-7-8-4-2-3-12-5(4)6(10)9-7/h4-5,7-8H,2-3H2,1H3,(H,9,10). The van der Waals surface area contributed by atoms with Crippen LogP contribution in [-0.4, -0.2) is 34.7 Å². The van der Waals surface area contributed by atoms with Gasteiger partial charge < -0.3 is 5.32 Å². The fourth-order valence-corrected chi connectivity index (χ4v) is 3.45. The third-order valence-electron chi connectivity index (χ3n) is 2.22. The van der Waals surface area contributed by atoms with Crippen LogP contribution in [0.5, 0.6) is 0 Å². The molecule has 3 nitrogen and oxygen atoms in total. The van der Waals surface area contributed by atoms with E-state index in [1.54, 1.807) is 23.5 Å². The summed E-state index contributed by atoms with van der Waals surface area (Å²) >= 11 is 3.41. The van der Waals surface area contributed by atoms with Crippen LogP contribution < -0.4 is 10.6 Å². The number of carbonyl (C=O) groups excluding carboxylic acids is 1. The van der Waals surface area contributed by atoms with E-state index in [1.807, 2.05) is 6.26 Å². The average Bonchev–Trinajstić information content (AvgIpc) is 2.52. The Balaban J connectivity index is 2.05. The van der Waals surface area contributed by atoms with Crippen LogP contribution in [0.25, 0.3) is 0 Å². The Morgan fingerprint density at radius 1 is 1.67 bits per heavy atom. The minimum absolute atomic E-state index is 0.123. The maximum atomic E-state index is 11.5. The van der Waals surface area contributed by atoms with Gasteiger partial charge in [0.2, 0.25) is 5.91 Å². The first kappa shape index (κ1) is 8.72. The van der Waals surface area contributed by atoms with E-state index in [2.05, 4.69) is 10.6 Å². The van der Waals surface area contributed by atoms with Crippen molar-refractivity contribution in [3.05, 3.63) is 0 Å². The van der Waals surface area contributed by atoms with Gasteiger partial charge in [0.25, 0.3) is 0 Å². The quantitative estimate of drug-likeness (QED) is 0.641. The smallest absolute Gasteiger partial charge is 0.236 e. The van der Waals surface area contributed by atoms with E-state index >= 15 is 0 Å². The van der Waals surface area contributed by atoms with Crippen molar-refractivity contribution in [1.82, 2.24) is 10.6 Å². The Hall–Kier alpha value is 0.130. The number of carbonyl (C=O) groups is 1. The highest BCUT2D eigenvalue weighted by atomic mass is 32.2. The molecular weight excluding hydrogens is 192 g/mol. The molecule has 2 aliphatic heterocycles. The topological polar surface area (TPSA) is 41.1 Å². The fraction of sp³-hybridized carbons (Fsp3) is 0.857. The lowest BCUT2D eigenvalue weighted by molar-refractivity contribution is -0.122. The predicted octanol–water partition coefficient (Wildman–Crippen LogP) is 0.226. The van der Waals surface area contributed by atoms with Crippen molar-refractivity contribution >= 4 is 29.4 Å². The summed E-state index contributed by atoms with van der Waals surface area (Å²) in [6.07, 6.45) is 3.13. The Morgan fingerprint density at radius 3 is 3.25 bits per heavy atom. The van der Waals surface area contributed by atoms with Gasteiger partial charge in [-0.3, -0.25) is 10.1 Å². The molecule has 2 fully saturated rings. The monoisotopic (exact) mass is 204 g/mol. The van der Waals surface area contributed by atoms with E-state index in [0.29, 0.717) is 6.04 Å². The van der Waals surface area contributed by atoms with Crippen molar-refractivity contribution in [2.24, 2.45) is 0 Å². The number of amides is 1. The molecule has 2 saturated heterocycles. The van der Waals surface area contributed by atoms with Gasteiger partial charge in [-0.25, -0.2) is 0 Å². The molecule has 0 radical (unpaired) electrons. The zero-order valence-electron chi connectivity index (χ0n) is 6.87. The highest BCUT2D eigenvalue weighted by Crippen LogP contribution is 2.30. The molecule has 2 rings (SSSR count). The van der Waals surface area contributed by atoms with Gasteiger partial charge in [0.1, 0.15) is 5.50 Å². The van der Waals surface area contributed by atoms with E-state index in [-0.39, 0.29) is 16.7 Å². The molecular formula is C7H12N2OS2. The van der Waals surface area contributed by atoms with Crippen molar-refractivity contribution in [3.63, 3.8) is 0 Å². The molecule has 0 aromatic carbocycles. The van der Waals surface area contributed by atoms with Gasteiger partial charge in [-0.1, -0.05) is 0 Å². The van der Waals surface area contributed by atoms with Crippen molar-refractivity contribution in [2.45, 2.75) is 23.2 Å². The Bertz CT molecular complexity index is 200. The first-order chi connectivity index (χ1) is 5.81. The van der Waals surface area contributed by atoms with E-state index in [0.717, 1.165) is 12.2 Å². The number of fused-ring (bicyclic) bond motifs is 1. The molecule has 3 unspecified atom stereocenters. The molecule has 68 valence electrons. The summed E-state index contributed by atoms with van der Waals surface area (Å²) in [5, 5.41) is 6.50. The van der Waals surface area contributed by atoms with Crippen LogP contribution in [0, 0.1) is 0 Å². The van der Waals surface area contributed by atoms with Crippen molar-refractivity contribution < 1.29 is 4.79 Å². The van der Waals surface area contributed by atoms with Crippen molar-refractivity contribution in [2.75, 3.05) is 12.0 Å². The molecule has 0 aromatic heterocycles. The van der Waals surface area contributed by atoms with Gasteiger partial charge in [0, 0.05) is 6.04 Å². The predicted molar refractivity (Wildman–Crippen MR) is 53.2 cm³/mol. The summed E-state index contributed by atoms with van der Waals surface area (Å²) in [7, 11) is 0. The number of nitrogens with one attached hydrogen (secondary N) is 2. The molecule has 2 aliphatic rings. The average molecular weight is 204 g/mol. The zero-order valence-corrected chi connectivity index (χ0v) is 8.50. The zero-order chi connectivity index (χ0) is 8.55. The lowest BCUT2D eigenvalue weighted by atomic mass is 10.1. The van der Waals surface area contributed by atoms with Crippen LogP contribution in [0.4, 0.5) is 0 Å². The largest absolute Gasteiger partial charge is 0.331 e. The first-order valence-electron chi connectivity index (χ1n) is 4.02. The van der Waals surface area contributed by atoms with E-state index in [1.165, 1.54) is 0 Å². The summed E-state index contributed by atoms with van der Waals surface area (Å²) in [6.45, 7) is 0. The van der Waals surface area contributed by atoms with Gasteiger partial charge in [-0.15, -0.1) is 23.5 Å². The van der Waals surface area contributed by atoms with Gasteiger partial charge >= 0.3 is 0 Å². The maximum Gasteiger partial charge on any atom is 0.236 e. The molecule has 2 heterocycles. The fourth-order valence-electron chi connectivity index (χ4n) is 1.59. The second-order valence-corrected chi connectivity index (χ2v) is 5.17. The molecule has 0 bridgehead atoms. The summed E-state index contributed by atoms with van der Waals surface area (Å²) in [5.41, 5.74) is 0.123. The van der Waals surface area contributed by atoms with Crippen LogP contribution in [0.3, 0.4) is 0 Å². The minimum Gasteiger partial charge on any atom is -0.331 e. The van der Waals surface area contributed by atoms with Crippen LogP contribution in [0.15, 0.2) is 0 Å². The van der Waals surface area contributed by atoms with Gasteiger partial charge in [-0.2, -0.15) is 0 Å². The Labute approximate surface area is 80.4 Å². The number of hydrogen-bond donors (Lipinski definition) is 2. The van der Waals surface area contributed by atoms with Gasteiger partial charge in [0.15, 0.2) is 0 Å². The molecule has 5 heteroatoms. The van der Waals surface area contributed by atoms with E-state index < -0.39 is 0 Å². The van der Waals surface area contributed by atoms with Gasteiger partial charge in [-0.05, 0) is 18.4 Å². The summed E-state index contributed by atoms with van der Waals surface area (Å²) < 4.78 is 0. The SMILES string of the molecule is CSC1NC(=O)C2SCCC2N1. The van der Waals surface area contributed by atoms with Gasteiger partial charge in [0.05, 0.1) is 5.25 Å². The molecule has 2 N–H and O–H groups in total. The molecule has 0 aliphatic carbocycles. The summed E-state index contributed by atoms with van der Waals surface area (Å²) in [6, 6.07) is 0.404. The maximum absolute atomic E-state index is 11.5. The Kier molecular flexibility index (Phi) is 2.52. The van der Waals surface area contributed by atoms with Crippen LogP contribution in [0.2, 0.25) is 0 Å². The summed E-state index contributed by atoms with van der Waals surface area (Å²) in [5.74, 6) is 1.32. The van der Waals surface area contributed by atoms with Crippen LogP contribution in [0.1, 0.15) is 6.42 Å². The van der Waals surface area contributed by atoms with Crippen LogP contribution >= 0.6 is 23.5 Å². The summed E-state index contributed by atoms with van der Waals surface area (Å²) in [4.78, 5) is 11.5. The van der Waals surface area contributed by atoms with Crippen LogP contribution in [-0.2, 0) is 4.79 Å². The lowest BCUT2D eigenvalue weighted by Gasteiger charge is -2.31. The normalized spacial score (nSPS) is 40.8. The van der Waals surface area contributed by atoms with Crippen molar-refractivity contribution in [3.8, 4) is 0 Å². The Morgan fingerprint density at radius 2 is 2.50 bits per heavy atom. The highest BCUT2D eigenvalue weighted by molar-refractivity contribution is 8.01. The molecule has 0 aromatic rings. The number of hydrogen-bond acceptors (Lipinski definition) is 4. The second-order valence-electron chi connectivity index (χ2n) is 2.98.